The summed E-state index contributed by atoms with van der Waals surface area (Å²) < 4.78 is 34.9. The number of fused-ring (bicyclic) bond motifs is 1. The zero-order valence-electron chi connectivity index (χ0n) is 20.3. The van der Waals surface area contributed by atoms with Gasteiger partial charge in [-0.05, 0) is 29.0 Å². The Kier molecular flexibility index (Phi) is 5.45. The molecule has 0 saturated carbocycles. The number of pyridine rings is 2. The Hall–Kier alpha value is -3.18. The minimum atomic E-state index is -2.96. The second-order valence-electron chi connectivity index (χ2n) is 10.2. The summed E-state index contributed by atoms with van der Waals surface area (Å²) in [5, 5.41) is 14.9. The number of aromatic nitrogens is 4. The molecule has 3 saturated heterocycles. The highest BCUT2D eigenvalue weighted by molar-refractivity contribution is 5.96. The van der Waals surface area contributed by atoms with Crippen LogP contribution in [0.1, 0.15) is 38.2 Å². The van der Waals surface area contributed by atoms with Gasteiger partial charge in [-0.2, -0.15) is 4.98 Å². The smallest absolute Gasteiger partial charge is 0.293 e. The predicted octanol–water partition coefficient (Wildman–Crippen LogP) is 3.47. The van der Waals surface area contributed by atoms with Crippen LogP contribution in [0, 0.1) is 0 Å². The molecule has 1 atom stereocenters. The summed E-state index contributed by atoms with van der Waals surface area (Å²) >= 11 is 0. The van der Waals surface area contributed by atoms with Crippen molar-refractivity contribution in [3.63, 3.8) is 0 Å². The number of hydrogen-bond donors (Lipinski definition) is 2. The number of aliphatic hydroxyl groups excluding tert-OH is 1. The van der Waals surface area contributed by atoms with Crippen molar-refractivity contribution in [3.05, 3.63) is 36.3 Å². The highest BCUT2D eigenvalue weighted by atomic mass is 19.3. The molecule has 9 nitrogen and oxygen atoms in total. The predicted molar refractivity (Wildman–Crippen MR) is 132 cm³/mol. The van der Waals surface area contributed by atoms with Crippen LogP contribution in [-0.2, 0) is 4.74 Å². The number of nitrogens with one attached hydrogen (secondary N) is 1. The Bertz CT molecular complexity index is 1290. The molecule has 0 unspecified atom stereocenters. The first kappa shape index (κ1) is 23.2. The zero-order valence-corrected chi connectivity index (χ0v) is 20.3. The molecule has 11 heteroatoms. The van der Waals surface area contributed by atoms with Crippen LogP contribution in [-0.4, -0.2) is 75.5 Å². The van der Waals surface area contributed by atoms with Crippen LogP contribution in [0.25, 0.3) is 10.8 Å². The van der Waals surface area contributed by atoms with Crippen LogP contribution in [0.15, 0.2) is 30.7 Å². The van der Waals surface area contributed by atoms with Gasteiger partial charge in [0.1, 0.15) is 23.1 Å². The van der Waals surface area contributed by atoms with E-state index in [2.05, 4.69) is 39.1 Å². The van der Waals surface area contributed by atoms with Crippen molar-refractivity contribution in [1.82, 2.24) is 19.9 Å². The monoisotopic (exact) mass is 497 g/mol. The van der Waals surface area contributed by atoms with Gasteiger partial charge in [0, 0.05) is 56.5 Å². The maximum absolute atomic E-state index is 14.8. The fourth-order valence-corrected chi connectivity index (χ4v) is 5.22. The fraction of sp³-hybridized carbons (Fsp3) is 0.520. The molecular formula is C25H29F2N7O2. The number of alkyl halides is 2. The number of aliphatic hydroxyl groups is 1. The van der Waals surface area contributed by atoms with Crippen molar-refractivity contribution in [1.29, 1.82) is 0 Å². The van der Waals surface area contributed by atoms with Crippen LogP contribution in [0.2, 0.25) is 0 Å². The first-order valence-electron chi connectivity index (χ1n) is 12.3. The van der Waals surface area contributed by atoms with Crippen molar-refractivity contribution >= 4 is 34.2 Å². The van der Waals surface area contributed by atoms with Gasteiger partial charge in [0.2, 0.25) is 5.95 Å². The van der Waals surface area contributed by atoms with Crippen molar-refractivity contribution in [2.24, 2.45) is 0 Å². The average Bonchev–Trinajstić information content (AvgIpc) is 2.79. The second-order valence-corrected chi connectivity index (χ2v) is 10.2. The highest BCUT2D eigenvalue weighted by Crippen LogP contribution is 2.47. The van der Waals surface area contributed by atoms with Gasteiger partial charge >= 0.3 is 0 Å². The lowest BCUT2D eigenvalue weighted by Crippen LogP contribution is -2.66. The van der Waals surface area contributed by atoms with E-state index in [1.54, 1.807) is 18.5 Å². The number of halogens is 2. The first-order chi connectivity index (χ1) is 17.2. The van der Waals surface area contributed by atoms with Gasteiger partial charge in [0.15, 0.2) is 0 Å². The van der Waals surface area contributed by atoms with Crippen LogP contribution < -0.4 is 15.1 Å². The Morgan fingerprint density at radius 2 is 1.89 bits per heavy atom. The third-order valence-corrected chi connectivity index (χ3v) is 7.47. The minimum absolute atomic E-state index is 0.246. The van der Waals surface area contributed by atoms with E-state index in [0.717, 1.165) is 22.2 Å². The molecule has 36 heavy (non-hydrogen) atoms. The summed E-state index contributed by atoms with van der Waals surface area (Å²) in [6.07, 6.45) is 5.52. The quantitative estimate of drug-likeness (QED) is 0.549. The minimum Gasteiger partial charge on any atom is -0.389 e. The number of piperidine rings is 1. The summed E-state index contributed by atoms with van der Waals surface area (Å²) in [6.45, 7) is 5.66. The lowest BCUT2D eigenvalue weighted by molar-refractivity contribution is -0.276. The molecule has 6 heterocycles. The molecule has 3 aliphatic heterocycles. The number of anilines is 4. The maximum Gasteiger partial charge on any atom is 0.293 e. The number of ether oxygens (including phenoxy) is 1. The van der Waals surface area contributed by atoms with Gasteiger partial charge in [-0.3, -0.25) is 0 Å². The number of hydrogen-bond acceptors (Lipinski definition) is 9. The van der Waals surface area contributed by atoms with E-state index in [0.29, 0.717) is 44.3 Å². The van der Waals surface area contributed by atoms with E-state index in [1.165, 1.54) is 4.90 Å². The molecule has 190 valence electrons. The topological polar surface area (TPSA) is 99.5 Å². The van der Waals surface area contributed by atoms with Gasteiger partial charge in [-0.1, -0.05) is 13.8 Å². The van der Waals surface area contributed by atoms with E-state index in [1.807, 2.05) is 17.2 Å². The molecule has 0 aromatic carbocycles. The van der Waals surface area contributed by atoms with E-state index >= 15 is 0 Å². The Morgan fingerprint density at radius 1 is 1.08 bits per heavy atom. The molecule has 3 fully saturated rings. The number of nitrogens with zero attached hydrogens (tertiary/aromatic N) is 6. The SMILES string of the molecule is CC(C)c1cnc(N2CC(O)C2)c2cnc(Nc3ccnc(N4CC[C@]5(CCO5)C(F)(F)C4)n3)cc12. The molecule has 0 aliphatic carbocycles. The summed E-state index contributed by atoms with van der Waals surface area (Å²) in [7, 11) is 0. The molecule has 3 aromatic rings. The lowest BCUT2D eigenvalue weighted by Gasteiger charge is -2.52. The third-order valence-electron chi connectivity index (χ3n) is 7.47. The van der Waals surface area contributed by atoms with Gasteiger partial charge < -0.3 is 25.0 Å². The van der Waals surface area contributed by atoms with Gasteiger partial charge in [-0.25, -0.2) is 23.7 Å². The normalized spacial score (nSPS) is 23.7. The summed E-state index contributed by atoms with van der Waals surface area (Å²) in [5.74, 6) is -0.590. The van der Waals surface area contributed by atoms with Crippen molar-refractivity contribution in [2.75, 3.05) is 47.9 Å². The zero-order chi connectivity index (χ0) is 25.1. The lowest BCUT2D eigenvalue weighted by atomic mass is 9.81. The highest BCUT2D eigenvalue weighted by Gasteiger charge is 2.61. The molecule has 3 aliphatic rings. The van der Waals surface area contributed by atoms with E-state index in [9.17, 15) is 13.9 Å². The van der Waals surface area contributed by atoms with Crippen molar-refractivity contribution in [3.8, 4) is 0 Å². The maximum atomic E-state index is 14.8. The van der Waals surface area contributed by atoms with Gasteiger partial charge in [0.05, 0.1) is 19.3 Å². The average molecular weight is 498 g/mol. The van der Waals surface area contributed by atoms with Gasteiger partial charge in [0.25, 0.3) is 5.92 Å². The summed E-state index contributed by atoms with van der Waals surface area (Å²) in [6, 6.07) is 3.65. The Balaban J connectivity index is 1.26. The van der Waals surface area contributed by atoms with Crippen molar-refractivity contribution in [2.45, 2.75) is 50.2 Å². The van der Waals surface area contributed by atoms with E-state index < -0.39 is 18.1 Å². The molecule has 3 aromatic heterocycles. The second kappa shape index (κ2) is 8.45. The molecule has 6 rings (SSSR count). The van der Waals surface area contributed by atoms with Crippen LogP contribution >= 0.6 is 0 Å². The molecule has 0 radical (unpaired) electrons. The Morgan fingerprint density at radius 3 is 2.56 bits per heavy atom. The summed E-state index contributed by atoms with van der Waals surface area (Å²) in [5.41, 5.74) is -0.240. The number of β-amino-alcohol motifs (C(OH)–C–C–N with tert-alkyl or cyclic N) is 1. The van der Waals surface area contributed by atoms with E-state index in [4.69, 9.17) is 4.74 Å². The van der Waals surface area contributed by atoms with Crippen LogP contribution in [0.5, 0.6) is 0 Å². The van der Waals surface area contributed by atoms with Crippen LogP contribution in [0.3, 0.4) is 0 Å². The van der Waals surface area contributed by atoms with Gasteiger partial charge in [-0.15, -0.1) is 0 Å². The van der Waals surface area contributed by atoms with Crippen molar-refractivity contribution < 1.29 is 18.6 Å². The fourth-order valence-electron chi connectivity index (χ4n) is 5.22. The van der Waals surface area contributed by atoms with E-state index in [-0.39, 0.29) is 24.4 Å². The third kappa shape index (κ3) is 3.81. The number of rotatable bonds is 5. The molecule has 2 N–H and O–H groups in total. The molecule has 0 bridgehead atoms. The van der Waals surface area contributed by atoms with Crippen LogP contribution in [0.4, 0.5) is 32.2 Å². The molecule has 0 amide bonds. The summed E-state index contributed by atoms with van der Waals surface area (Å²) in [4.78, 5) is 21.5. The molecule has 1 spiro atoms. The standard InChI is InChI=1S/C25H29F2N7O2/c1-15(2)18-10-30-22(34-12-16(35)13-34)19-11-29-21(9-17(18)19)31-20-3-6-28-23(32-20)33-7-4-24(5-8-36-24)25(26,27)14-33/h3,6,9-11,15-16,35H,4-5,7-8,12-14H2,1-2H3,(H,28,29,31,32)/t24-/m0/s1. The molecular weight excluding hydrogens is 468 g/mol. The largest absolute Gasteiger partial charge is 0.389 e. The Labute approximate surface area is 207 Å². The first-order valence-corrected chi connectivity index (χ1v) is 12.3.